The molecule has 0 aromatic heterocycles. The molecule has 1 fully saturated rings. The lowest BCUT2D eigenvalue weighted by atomic mass is 10.2. The predicted molar refractivity (Wildman–Crippen MR) is 85.8 cm³/mol. The van der Waals surface area contributed by atoms with Crippen molar-refractivity contribution in [3.63, 3.8) is 0 Å². The average molecular weight is 312 g/mol. The van der Waals surface area contributed by atoms with Crippen LogP contribution in [-0.2, 0) is 16.1 Å². The van der Waals surface area contributed by atoms with E-state index in [4.69, 9.17) is 0 Å². The van der Waals surface area contributed by atoms with Gasteiger partial charge >= 0.3 is 0 Å². The summed E-state index contributed by atoms with van der Waals surface area (Å²) >= 11 is 0. The van der Waals surface area contributed by atoms with Crippen LogP contribution in [-0.4, -0.2) is 47.8 Å². The van der Waals surface area contributed by atoms with Crippen molar-refractivity contribution in [3.05, 3.63) is 47.7 Å². The van der Waals surface area contributed by atoms with Gasteiger partial charge in [0.15, 0.2) is 0 Å². The van der Waals surface area contributed by atoms with Crippen LogP contribution in [0, 0.1) is 11.3 Å². The van der Waals surface area contributed by atoms with Crippen molar-refractivity contribution < 1.29 is 9.59 Å². The number of nitrogens with zero attached hydrogens (tertiary/aromatic N) is 3. The predicted octanol–water partition coefficient (Wildman–Crippen LogP) is 0.874. The summed E-state index contributed by atoms with van der Waals surface area (Å²) < 4.78 is 0. The van der Waals surface area contributed by atoms with Crippen molar-refractivity contribution in [3.8, 4) is 6.07 Å². The number of rotatable bonds is 4. The molecule has 1 heterocycles. The molecule has 1 aliphatic heterocycles. The topological polar surface area (TPSA) is 76.4 Å². The SMILES string of the molecule is CC(=O)N1CCN(/C=C(/C#N)C(=O)NCc2ccccc2)CC1. The van der Waals surface area contributed by atoms with Crippen molar-refractivity contribution in [2.75, 3.05) is 26.2 Å². The molecule has 1 N–H and O–H groups in total. The Morgan fingerprint density at radius 1 is 1.22 bits per heavy atom. The van der Waals surface area contributed by atoms with Gasteiger partial charge < -0.3 is 15.1 Å². The zero-order valence-corrected chi connectivity index (χ0v) is 13.2. The summed E-state index contributed by atoms with van der Waals surface area (Å²) in [6.07, 6.45) is 1.58. The molecule has 0 bridgehead atoms. The van der Waals surface area contributed by atoms with Crippen molar-refractivity contribution in [1.29, 1.82) is 5.26 Å². The maximum atomic E-state index is 12.1. The van der Waals surface area contributed by atoms with Crippen LogP contribution in [0.3, 0.4) is 0 Å². The van der Waals surface area contributed by atoms with Gasteiger partial charge in [0.2, 0.25) is 5.91 Å². The molecular formula is C17H20N4O2. The van der Waals surface area contributed by atoms with E-state index in [0.717, 1.165) is 5.56 Å². The van der Waals surface area contributed by atoms with Crippen LogP contribution < -0.4 is 5.32 Å². The Balaban J connectivity index is 1.90. The highest BCUT2D eigenvalue weighted by molar-refractivity contribution is 5.97. The van der Waals surface area contributed by atoms with Gasteiger partial charge in [0, 0.05) is 45.8 Å². The fourth-order valence-electron chi connectivity index (χ4n) is 2.36. The van der Waals surface area contributed by atoms with E-state index in [-0.39, 0.29) is 17.4 Å². The molecular weight excluding hydrogens is 292 g/mol. The van der Waals surface area contributed by atoms with Crippen molar-refractivity contribution >= 4 is 11.8 Å². The minimum Gasteiger partial charge on any atom is -0.373 e. The summed E-state index contributed by atoms with van der Waals surface area (Å²) in [6, 6.07) is 11.5. The highest BCUT2D eigenvalue weighted by atomic mass is 16.2. The third kappa shape index (κ3) is 4.85. The summed E-state index contributed by atoms with van der Waals surface area (Å²) in [4.78, 5) is 27.0. The van der Waals surface area contributed by atoms with Crippen LogP contribution in [0.1, 0.15) is 12.5 Å². The zero-order valence-electron chi connectivity index (χ0n) is 13.2. The van der Waals surface area contributed by atoms with E-state index in [0.29, 0.717) is 32.7 Å². The van der Waals surface area contributed by atoms with E-state index in [1.54, 1.807) is 18.0 Å². The van der Waals surface area contributed by atoms with E-state index in [1.165, 1.54) is 0 Å². The minimum atomic E-state index is -0.384. The first-order chi connectivity index (χ1) is 11.1. The molecule has 1 aromatic rings. The summed E-state index contributed by atoms with van der Waals surface area (Å²) in [7, 11) is 0. The summed E-state index contributed by atoms with van der Waals surface area (Å²) in [5, 5.41) is 11.9. The average Bonchev–Trinajstić information content (AvgIpc) is 2.59. The van der Waals surface area contributed by atoms with Crippen LogP contribution in [0.5, 0.6) is 0 Å². The Morgan fingerprint density at radius 2 is 1.87 bits per heavy atom. The smallest absolute Gasteiger partial charge is 0.263 e. The summed E-state index contributed by atoms with van der Waals surface area (Å²) in [5.74, 6) is -0.333. The second-order valence-electron chi connectivity index (χ2n) is 5.36. The minimum absolute atomic E-state index is 0.0507. The summed E-state index contributed by atoms with van der Waals surface area (Å²) in [5.41, 5.74) is 1.06. The van der Waals surface area contributed by atoms with Gasteiger partial charge in [-0.2, -0.15) is 5.26 Å². The first-order valence-electron chi connectivity index (χ1n) is 7.54. The van der Waals surface area contributed by atoms with Gasteiger partial charge in [-0.15, -0.1) is 0 Å². The second-order valence-corrected chi connectivity index (χ2v) is 5.36. The van der Waals surface area contributed by atoms with Gasteiger partial charge in [0.1, 0.15) is 11.6 Å². The lowest BCUT2D eigenvalue weighted by Gasteiger charge is -2.33. The Kier molecular flexibility index (Phi) is 5.75. The Bertz CT molecular complexity index is 626. The molecule has 120 valence electrons. The number of hydrogen-bond acceptors (Lipinski definition) is 4. The summed E-state index contributed by atoms with van der Waals surface area (Å²) in [6.45, 7) is 4.39. The van der Waals surface area contributed by atoms with Crippen LogP contribution in [0.4, 0.5) is 0 Å². The maximum absolute atomic E-state index is 12.1. The van der Waals surface area contributed by atoms with Gasteiger partial charge in [0.05, 0.1) is 0 Å². The van der Waals surface area contributed by atoms with Crippen molar-refractivity contribution in [2.24, 2.45) is 0 Å². The molecule has 6 heteroatoms. The first kappa shape index (κ1) is 16.6. The number of nitrogens with one attached hydrogen (secondary N) is 1. The van der Waals surface area contributed by atoms with Gasteiger partial charge in [-0.05, 0) is 5.56 Å². The molecule has 0 radical (unpaired) electrons. The lowest BCUT2D eigenvalue weighted by molar-refractivity contribution is -0.130. The number of hydrogen-bond donors (Lipinski definition) is 1. The highest BCUT2D eigenvalue weighted by Crippen LogP contribution is 2.06. The van der Waals surface area contributed by atoms with Gasteiger partial charge in [-0.3, -0.25) is 9.59 Å². The normalized spacial score (nSPS) is 15.0. The van der Waals surface area contributed by atoms with E-state index < -0.39 is 0 Å². The van der Waals surface area contributed by atoms with Gasteiger partial charge in [-0.1, -0.05) is 30.3 Å². The Morgan fingerprint density at radius 3 is 2.43 bits per heavy atom. The molecule has 1 aromatic carbocycles. The largest absolute Gasteiger partial charge is 0.373 e. The van der Waals surface area contributed by atoms with E-state index in [2.05, 4.69) is 5.32 Å². The molecule has 0 spiro atoms. The number of benzene rings is 1. The van der Waals surface area contributed by atoms with Crippen LogP contribution in [0.15, 0.2) is 42.1 Å². The fraction of sp³-hybridized carbons (Fsp3) is 0.353. The maximum Gasteiger partial charge on any atom is 0.263 e. The monoisotopic (exact) mass is 312 g/mol. The van der Waals surface area contributed by atoms with Crippen LogP contribution in [0.2, 0.25) is 0 Å². The lowest BCUT2D eigenvalue weighted by Crippen LogP contribution is -2.46. The molecule has 1 saturated heterocycles. The Labute approximate surface area is 136 Å². The zero-order chi connectivity index (χ0) is 16.7. The Hall–Kier alpha value is -2.81. The van der Waals surface area contributed by atoms with Crippen molar-refractivity contribution in [2.45, 2.75) is 13.5 Å². The molecule has 1 aliphatic rings. The van der Waals surface area contributed by atoms with Gasteiger partial charge in [0.25, 0.3) is 5.91 Å². The molecule has 2 amide bonds. The van der Waals surface area contributed by atoms with Crippen LogP contribution in [0.25, 0.3) is 0 Å². The molecule has 2 rings (SSSR count). The highest BCUT2D eigenvalue weighted by Gasteiger charge is 2.18. The first-order valence-corrected chi connectivity index (χ1v) is 7.54. The molecule has 0 aliphatic carbocycles. The van der Waals surface area contributed by atoms with Crippen molar-refractivity contribution in [1.82, 2.24) is 15.1 Å². The number of piperazine rings is 1. The third-order valence-corrected chi connectivity index (χ3v) is 3.73. The molecule has 0 atom stereocenters. The fourth-order valence-corrected chi connectivity index (χ4v) is 2.36. The van der Waals surface area contributed by atoms with E-state index >= 15 is 0 Å². The second kappa shape index (κ2) is 7.99. The van der Waals surface area contributed by atoms with Crippen LogP contribution >= 0.6 is 0 Å². The number of amides is 2. The molecule has 0 unspecified atom stereocenters. The quantitative estimate of drug-likeness (QED) is 0.661. The molecule has 6 nitrogen and oxygen atoms in total. The third-order valence-electron chi connectivity index (χ3n) is 3.73. The van der Waals surface area contributed by atoms with Gasteiger partial charge in [-0.25, -0.2) is 0 Å². The molecule has 0 saturated carbocycles. The standard InChI is InChI=1S/C17H20N4O2/c1-14(22)21-9-7-20(8-10-21)13-16(11-18)17(23)19-12-15-5-3-2-4-6-15/h2-6,13H,7-10,12H2,1H3,(H,19,23)/b16-13-. The molecule has 23 heavy (non-hydrogen) atoms. The van der Waals surface area contributed by atoms with E-state index in [1.807, 2.05) is 41.3 Å². The number of carbonyl (C=O) groups is 2. The number of nitriles is 1. The number of carbonyl (C=O) groups excluding carboxylic acids is 2. The van der Waals surface area contributed by atoms with E-state index in [9.17, 15) is 14.9 Å².